The van der Waals surface area contributed by atoms with Crippen molar-refractivity contribution in [2.24, 2.45) is 0 Å². The third-order valence-electron chi connectivity index (χ3n) is 3.43. The first-order valence-corrected chi connectivity index (χ1v) is 6.84. The zero-order chi connectivity index (χ0) is 16.7. The minimum absolute atomic E-state index is 0.00779. The fourth-order valence-electron chi connectivity index (χ4n) is 2.45. The Hall–Kier alpha value is -3.43. The molecule has 4 rings (SSSR count). The Kier molecular flexibility index (Phi) is 3.15. The van der Waals surface area contributed by atoms with Crippen LogP contribution >= 0.6 is 0 Å². The molecule has 1 aromatic carbocycles. The first kappa shape index (κ1) is 14.2. The Bertz CT molecular complexity index is 1030. The Balaban J connectivity index is 1.99. The molecule has 0 aliphatic carbocycles. The van der Waals surface area contributed by atoms with E-state index in [-0.39, 0.29) is 34.9 Å². The minimum Gasteiger partial charge on any atom is -0.379 e. The number of aromatic nitrogens is 6. The summed E-state index contributed by atoms with van der Waals surface area (Å²) in [6.07, 6.45) is 1.52. The van der Waals surface area contributed by atoms with E-state index in [2.05, 4.69) is 30.1 Å². The van der Waals surface area contributed by atoms with E-state index < -0.39 is 11.6 Å². The van der Waals surface area contributed by atoms with Crippen LogP contribution in [0.3, 0.4) is 0 Å². The summed E-state index contributed by atoms with van der Waals surface area (Å²) in [4.78, 5) is 4.23. The predicted octanol–water partition coefficient (Wildman–Crippen LogP) is 1.78. The van der Waals surface area contributed by atoms with E-state index in [1.165, 1.54) is 10.8 Å². The van der Waals surface area contributed by atoms with Crippen molar-refractivity contribution < 1.29 is 13.4 Å². The molecular weight excluding hydrogens is 320 g/mol. The second kappa shape index (κ2) is 5.33. The molecule has 120 valence electrons. The van der Waals surface area contributed by atoms with Crippen molar-refractivity contribution in [3.8, 4) is 11.5 Å². The van der Waals surface area contributed by atoms with Gasteiger partial charge in [0, 0.05) is 18.3 Å². The van der Waals surface area contributed by atoms with Crippen LogP contribution in [0.5, 0.6) is 0 Å². The highest BCUT2D eigenvalue weighted by Crippen LogP contribution is 2.29. The van der Waals surface area contributed by atoms with Crippen molar-refractivity contribution in [3.63, 3.8) is 0 Å². The average molecular weight is 329 g/mol. The molecule has 4 aromatic rings. The maximum Gasteiger partial charge on any atom is 0.199 e. The van der Waals surface area contributed by atoms with Crippen LogP contribution in [0, 0.1) is 11.6 Å². The van der Waals surface area contributed by atoms with Crippen LogP contribution in [-0.2, 0) is 6.54 Å². The van der Waals surface area contributed by atoms with Gasteiger partial charge in [0.05, 0.1) is 17.8 Å². The molecule has 0 bridgehead atoms. The number of rotatable bonds is 3. The largest absolute Gasteiger partial charge is 0.379 e. The second-order valence-corrected chi connectivity index (χ2v) is 4.99. The van der Waals surface area contributed by atoms with Gasteiger partial charge in [-0.05, 0) is 22.4 Å². The topological polar surface area (TPSA) is 109 Å². The highest BCUT2D eigenvalue weighted by molar-refractivity contribution is 5.82. The summed E-state index contributed by atoms with van der Waals surface area (Å²) in [6, 6.07) is 5.32. The zero-order valence-corrected chi connectivity index (χ0v) is 12.0. The van der Waals surface area contributed by atoms with Gasteiger partial charge in [-0.2, -0.15) is 10.2 Å². The normalized spacial score (nSPS) is 11.2. The lowest BCUT2D eigenvalue weighted by molar-refractivity contribution is 0.310. The number of halogens is 2. The standard InChI is InChI=1S/C14H9F2N7O/c15-7-4-9(16)12-10(5-7)19-14(11-13(17)22-24-21-11)23(12)6-8-2-1-3-18-20-8/h1-5H,6H2,(H2,17,22). The maximum atomic E-state index is 14.3. The monoisotopic (exact) mass is 329 g/mol. The van der Waals surface area contributed by atoms with Gasteiger partial charge < -0.3 is 10.3 Å². The zero-order valence-electron chi connectivity index (χ0n) is 12.0. The smallest absolute Gasteiger partial charge is 0.199 e. The third-order valence-corrected chi connectivity index (χ3v) is 3.43. The van der Waals surface area contributed by atoms with Gasteiger partial charge in [-0.1, -0.05) is 0 Å². The van der Waals surface area contributed by atoms with Crippen molar-refractivity contribution in [2.75, 3.05) is 5.73 Å². The summed E-state index contributed by atoms with van der Waals surface area (Å²) < 4.78 is 33.9. The summed E-state index contributed by atoms with van der Waals surface area (Å²) in [7, 11) is 0. The lowest BCUT2D eigenvalue weighted by Crippen LogP contribution is -2.06. The summed E-state index contributed by atoms with van der Waals surface area (Å²) in [5, 5.41) is 14.9. The molecule has 0 atom stereocenters. The molecule has 0 unspecified atom stereocenters. The third kappa shape index (κ3) is 2.24. The average Bonchev–Trinajstić information content (AvgIpc) is 3.12. The van der Waals surface area contributed by atoms with Crippen molar-refractivity contribution in [2.45, 2.75) is 6.54 Å². The van der Waals surface area contributed by atoms with Crippen molar-refractivity contribution in [3.05, 3.63) is 47.8 Å². The molecule has 0 aliphatic rings. The van der Waals surface area contributed by atoms with Gasteiger partial charge in [-0.15, -0.1) is 0 Å². The predicted molar refractivity (Wildman–Crippen MR) is 78.5 cm³/mol. The SMILES string of the molecule is Nc1nonc1-c1nc2cc(F)cc(F)c2n1Cc1cccnn1. The molecule has 24 heavy (non-hydrogen) atoms. The van der Waals surface area contributed by atoms with Gasteiger partial charge in [0.15, 0.2) is 23.2 Å². The van der Waals surface area contributed by atoms with Crippen LogP contribution in [0.4, 0.5) is 14.6 Å². The number of fused-ring (bicyclic) bond motifs is 1. The number of anilines is 1. The number of hydrogen-bond acceptors (Lipinski definition) is 7. The number of hydrogen-bond donors (Lipinski definition) is 1. The quantitative estimate of drug-likeness (QED) is 0.610. The number of imidazole rings is 1. The van der Waals surface area contributed by atoms with E-state index in [4.69, 9.17) is 5.73 Å². The van der Waals surface area contributed by atoms with E-state index in [0.717, 1.165) is 12.1 Å². The molecular formula is C14H9F2N7O. The Morgan fingerprint density at radius 3 is 2.79 bits per heavy atom. The van der Waals surface area contributed by atoms with Crippen LogP contribution < -0.4 is 5.73 Å². The number of nitrogens with two attached hydrogens (primary N) is 1. The number of nitrogen functional groups attached to an aromatic ring is 1. The summed E-state index contributed by atoms with van der Waals surface area (Å²) in [5.41, 5.74) is 6.61. The fraction of sp³-hybridized carbons (Fsp3) is 0.0714. The lowest BCUT2D eigenvalue weighted by Gasteiger charge is -2.07. The summed E-state index contributed by atoms with van der Waals surface area (Å²) in [6.45, 7) is 0.133. The van der Waals surface area contributed by atoms with Crippen LogP contribution in [0.2, 0.25) is 0 Å². The van der Waals surface area contributed by atoms with Crippen molar-refractivity contribution in [1.29, 1.82) is 0 Å². The lowest BCUT2D eigenvalue weighted by atomic mass is 10.3. The number of nitrogens with zero attached hydrogens (tertiary/aromatic N) is 6. The highest BCUT2D eigenvalue weighted by atomic mass is 19.1. The Morgan fingerprint density at radius 1 is 1.21 bits per heavy atom. The maximum absolute atomic E-state index is 14.3. The van der Waals surface area contributed by atoms with E-state index >= 15 is 0 Å². The Morgan fingerprint density at radius 2 is 2.08 bits per heavy atom. The molecule has 3 heterocycles. The fourth-order valence-corrected chi connectivity index (χ4v) is 2.45. The van der Waals surface area contributed by atoms with Crippen LogP contribution in [-0.4, -0.2) is 30.1 Å². The van der Waals surface area contributed by atoms with Gasteiger partial charge >= 0.3 is 0 Å². The molecule has 3 aromatic heterocycles. The van der Waals surface area contributed by atoms with E-state index in [1.54, 1.807) is 12.1 Å². The molecule has 0 saturated heterocycles. The van der Waals surface area contributed by atoms with Crippen LogP contribution in [0.25, 0.3) is 22.6 Å². The minimum atomic E-state index is -0.761. The Labute approximate surface area is 132 Å². The molecule has 2 N–H and O–H groups in total. The van der Waals surface area contributed by atoms with Gasteiger partial charge in [-0.3, -0.25) is 0 Å². The van der Waals surface area contributed by atoms with E-state index in [0.29, 0.717) is 5.69 Å². The molecule has 0 amide bonds. The summed E-state index contributed by atoms with van der Waals surface area (Å²) in [5.74, 6) is -1.31. The first-order valence-electron chi connectivity index (χ1n) is 6.84. The van der Waals surface area contributed by atoms with Crippen molar-refractivity contribution >= 4 is 16.9 Å². The van der Waals surface area contributed by atoms with Gasteiger partial charge in [-0.25, -0.2) is 18.4 Å². The molecule has 10 heteroatoms. The summed E-state index contributed by atoms with van der Waals surface area (Å²) >= 11 is 0. The molecule has 0 radical (unpaired) electrons. The number of benzene rings is 1. The van der Waals surface area contributed by atoms with E-state index in [9.17, 15) is 8.78 Å². The van der Waals surface area contributed by atoms with Gasteiger partial charge in [0.25, 0.3) is 0 Å². The van der Waals surface area contributed by atoms with Gasteiger partial charge in [0.2, 0.25) is 0 Å². The molecule has 0 fully saturated rings. The van der Waals surface area contributed by atoms with Crippen LogP contribution in [0.15, 0.2) is 35.1 Å². The highest BCUT2D eigenvalue weighted by Gasteiger charge is 2.22. The molecule has 0 spiro atoms. The molecule has 0 aliphatic heterocycles. The second-order valence-electron chi connectivity index (χ2n) is 4.99. The first-order chi connectivity index (χ1) is 11.6. The van der Waals surface area contributed by atoms with Crippen molar-refractivity contribution in [1.82, 2.24) is 30.1 Å². The van der Waals surface area contributed by atoms with Crippen LogP contribution in [0.1, 0.15) is 5.69 Å². The van der Waals surface area contributed by atoms with Gasteiger partial charge in [0.1, 0.15) is 11.3 Å². The van der Waals surface area contributed by atoms with E-state index in [1.807, 2.05) is 0 Å². The molecule has 0 saturated carbocycles. The molecule has 8 nitrogen and oxygen atoms in total.